The number of carbonyl (C=O) groups excluding carboxylic acids is 2. The van der Waals surface area contributed by atoms with Crippen LogP contribution in [0.25, 0.3) is 0 Å². The second-order valence-electron chi connectivity index (χ2n) is 8.07. The number of guanidine groups is 1. The number of hydrogen-bond acceptors (Lipinski definition) is 8. The lowest BCUT2D eigenvalue weighted by molar-refractivity contribution is -0.139. The average molecular weight is 576 g/mol. The molecule has 1 atom stereocenters. The smallest absolute Gasteiger partial charge is 0.416 e. The lowest BCUT2D eigenvalue weighted by Gasteiger charge is -2.16. The van der Waals surface area contributed by atoms with Crippen LogP contribution in [0.4, 0.5) is 13.2 Å². The van der Waals surface area contributed by atoms with Gasteiger partial charge in [-0.2, -0.15) is 17.9 Å². The Morgan fingerprint density at radius 3 is 2.45 bits per heavy atom. The standard InChI is InChI=1S/C22H24F3N5O6S2/c23-22(24,25)13-2-6-15(7-3-13)38(35,36)30-16(20(33)34)12-28-19(32)17-8-4-14(37-17)5-9-18(31)29-21-26-10-1-11-27-21/h2-4,6-8,16,30H,1,5,9-12H2,(H,28,32)(H,33,34)(H2,26,27,29,31). The third kappa shape index (κ3) is 8.26. The van der Waals surface area contributed by atoms with Gasteiger partial charge in [-0.1, -0.05) is 0 Å². The minimum Gasteiger partial charge on any atom is -0.480 e. The molecule has 5 N–H and O–H groups in total. The van der Waals surface area contributed by atoms with Gasteiger partial charge in [0, 0.05) is 30.9 Å². The lowest BCUT2D eigenvalue weighted by Crippen LogP contribution is -2.48. The first kappa shape index (κ1) is 29.1. The van der Waals surface area contributed by atoms with Gasteiger partial charge in [0.1, 0.15) is 6.04 Å². The van der Waals surface area contributed by atoms with Crippen LogP contribution < -0.4 is 20.7 Å². The minimum atomic E-state index is -4.67. The number of sulfonamides is 1. The van der Waals surface area contributed by atoms with Crippen molar-refractivity contribution >= 4 is 45.1 Å². The summed E-state index contributed by atoms with van der Waals surface area (Å²) in [6.07, 6.45) is -3.28. The van der Waals surface area contributed by atoms with Crippen molar-refractivity contribution in [1.29, 1.82) is 0 Å². The molecule has 1 unspecified atom stereocenters. The Bertz CT molecular complexity index is 1310. The van der Waals surface area contributed by atoms with E-state index in [1.54, 1.807) is 6.07 Å². The molecule has 0 saturated carbocycles. The van der Waals surface area contributed by atoms with Gasteiger partial charge < -0.3 is 15.7 Å². The van der Waals surface area contributed by atoms with Crippen LogP contribution in [0.3, 0.4) is 0 Å². The summed E-state index contributed by atoms with van der Waals surface area (Å²) >= 11 is 1.09. The number of nitrogens with zero attached hydrogens (tertiary/aromatic N) is 1. The Kier molecular flexibility index (Phi) is 9.45. The summed E-state index contributed by atoms with van der Waals surface area (Å²) in [4.78, 5) is 40.6. The number of benzene rings is 1. The van der Waals surface area contributed by atoms with E-state index in [0.717, 1.165) is 29.2 Å². The molecule has 1 aliphatic rings. The first-order valence-corrected chi connectivity index (χ1v) is 13.5. The predicted molar refractivity (Wildman–Crippen MR) is 131 cm³/mol. The van der Waals surface area contributed by atoms with E-state index < -0.39 is 51.1 Å². The molecule has 11 nitrogen and oxygen atoms in total. The van der Waals surface area contributed by atoms with E-state index in [1.807, 2.05) is 4.72 Å². The number of carboxylic acid groups (broad SMARTS) is 1. The quantitative estimate of drug-likeness (QED) is 0.285. The van der Waals surface area contributed by atoms with Crippen LogP contribution in [0.1, 0.15) is 33.0 Å². The molecule has 0 spiro atoms. The van der Waals surface area contributed by atoms with E-state index in [2.05, 4.69) is 20.9 Å². The van der Waals surface area contributed by atoms with Crippen LogP contribution in [-0.2, 0) is 32.2 Å². The topological polar surface area (TPSA) is 166 Å². The van der Waals surface area contributed by atoms with Crippen molar-refractivity contribution in [1.82, 2.24) is 20.7 Å². The molecule has 1 aliphatic heterocycles. The maximum absolute atomic E-state index is 12.7. The molecule has 1 aromatic carbocycles. The molecule has 206 valence electrons. The second kappa shape index (κ2) is 12.4. The molecule has 2 aromatic rings. The van der Waals surface area contributed by atoms with Crippen molar-refractivity contribution in [2.75, 3.05) is 19.6 Å². The van der Waals surface area contributed by atoms with Gasteiger partial charge in [-0.25, -0.2) is 8.42 Å². The Hall–Kier alpha value is -3.50. The number of aliphatic imine (C=N–C) groups is 1. The normalized spacial score (nSPS) is 14.7. The first-order valence-electron chi connectivity index (χ1n) is 11.2. The Labute approximate surface area is 219 Å². The highest BCUT2D eigenvalue weighted by atomic mass is 32.2. The third-order valence-corrected chi connectivity index (χ3v) is 7.82. The van der Waals surface area contributed by atoms with Gasteiger partial charge in [-0.05, 0) is 49.2 Å². The van der Waals surface area contributed by atoms with Gasteiger partial charge >= 0.3 is 12.1 Å². The molecule has 0 aliphatic carbocycles. The van der Waals surface area contributed by atoms with Crippen molar-refractivity contribution in [3.8, 4) is 0 Å². The van der Waals surface area contributed by atoms with E-state index >= 15 is 0 Å². The Balaban J connectivity index is 1.53. The van der Waals surface area contributed by atoms with Crippen LogP contribution in [0, 0.1) is 0 Å². The highest BCUT2D eigenvalue weighted by molar-refractivity contribution is 7.89. The molecule has 1 aromatic heterocycles. The van der Waals surface area contributed by atoms with E-state index in [0.29, 0.717) is 43.2 Å². The fourth-order valence-corrected chi connectivity index (χ4v) is 5.33. The number of aliphatic carboxylic acids is 1. The highest BCUT2D eigenvalue weighted by Gasteiger charge is 2.31. The number of halogens is 3. The van der Waals surface area contributed by atoms with Crippen molar-refractivity contribution in [2.24, 2.45) is 4.99 Å². The molecule has 0 fully saturated rings. The molecule has 3 rings (SSSR count). The SMILES string of the molecule is O=C(CCc1ccc(C(=O)NCC(NS(=O)(=O)c2ccc(C(F)(F)F)cc2)C(=O)O)s1)NC1=NCCCN1. The molecular formula is C22H24F3N5O6S2. The third-order valence-electron chi connectivity index (χ3n) is 5.19. The van der Waals surface area contributed by atoms with Crippen LogP contribution >= 0.6 is 11.3 Å². The largest absolute Gasteiger partial charge is 0.480 e. The summed E-state index contributed by atoms with van der Waals surface area (Å²) in [6, 6.07) is 3.87. The molecule has 2 amide bonds. The molecule has 2 heterocycles. The van der Waals surface area contributed by atoms with E-state index in [9.17, 15) is 41.1 Å². The summed E-state index contributed by atoms with van der Waals surface area (Å²) in [5.41, 5.74) is -1.06. The van der Waals surface area contributed by atoms with Gasteiger partial charge in [-0.15, -0.1) is 11.3 Å². The fraction of sp³-hybridized carbons (Fsp3) is 0.364. The fourth-order valence-electron chi connectivity index (χ4n) is 3.22. The van der Waals surface area contributed by atoms with Gasteiger partial charge in [-0.3, -0.25) is 24.7 Å². The van der Waals surface area contributed by atoms with Crippen molar-refractivity contribution < 1.29 is 41.1 Å². The highest BCUT2D eigenvalue weighted by Crippen LogP contribution is 2.29. The molecule has 16 heteroatoms. The molecule has 0 saturated heterocycles. The summed E-state index contributed by atoms with van der Waals surface area (Å²) < 4.78 is 64.9. The van der Waals surface area contributed by atoms with Gasteiger partial charge in [0.25, 0.3) is 5.91 Å². The molecule has 0 bridgehead atoms. The van der Waals surface area contributed by atoms with Crippen LogP contribution in [0.5, 0.6) is 0 Å². The molecular weight excluding hydrogens is 551 g/mol. The summed E-state index contributed by atoms with van der Waals surface area (Å²) in [7, 11) is -4.50. The van der Waals surface area contributed by atoms with E-state index in [4.69, 9.17) is 0 Å². The number of rotatable bonds is 10. The number of carbonyl (C=O) groups is 3. The number of carboxylic acids is 1. The van der Waals surface area contributed by atoms with Crippen molar-refractivity contribution in [3.05, 3.63) is 51.7 Å². The summed E-state index contributed by atoms with van der Waals surface area (Å²) in [5, 5.41) is 17.4. The van der Waals surface area contributed by atoms with Gasteiger partial charge in [0.2, 0.25) is 15.9 Å². The number of aryl methyl sites for hydroxylation is 1. The first-order chi connectivity index (χ1) is 17.8. The zero-order valence-corrected chi connectivity index (χ0v) is 21.3. The van der Waals surface area contributed by atoms with Crippen LogP contribution in [0.15, 0.2) is 46.3 Å². The summed E-state index contributed by atoms with van der Waals surface area (Å²) in [5.74, 6) is -2.08. The number of nitrogens with one attached hydrogen (secondary N) is 4. The molecule has 38 heavy (non-hydrogen) atoms. The lowest BCUT2D eigenvalue weighted by atomic mass is 10.2. The molecule has 0 radical (unpaired) electrons. The Morgan fingerprint density at radius 2 is 1.84 bits per heavy atom. The number of alkyl halides is 3. The van der Waals surface area contributed by atoms with E-state index in [-0.39, 0.29) is 17.2 Å². The number of thiophene rings is 1. The summed E-state index contributed by atoms with van der Waals surface area (Å²) in [6.45, 7) is 0.728. The minimum absolute atomic E-state index is 0.148. The second-order valence-corrected chi connectivity index (χ2v) is 11.0. The number of hydrogen-bond donors (Lipinski definition) is 5. The Morgan fingerprint density at radius 1 is 1.13 bits per heavy atom. The van der Waals surface area contributed by atoms with Crippen molar-refractivity contribution in [2.45, 2.75) is 36.4 Å². The maximum atomic E-state index is 12.7. The zero-order chi connectivity index (χ0) is 27.9. The van der Waals surface area contributed by atoms with Gasteiger partial charge in [0.15, 0.2) is 5.96 Å². The number of amides is 2. The van der Waals surface area contributed by atoms with E-state index in [1.165, 1.54) is 6.07 Å². The van der Waals surface area contributed by atoms with Crippen LogP contribution in [0.2, 0.25) is 0 Å². The van der Waals surface area contributed by atoms with Crippen molar-refractivity contribution in [3.63, 3.8) is 0 Å². The van der Waals surface area contributed by atoms with Crippen LogP contribution in [-0.4, -0.2) is 62.9 Å². The monoisotopic (exact) mass is 575 g/mol. The predicted octanol–water partition coefficient (Wildman–Crippen LogP) is 1.33. The van der Waals surface area contributed by atoms with Gasteiger partial charge in [0.05, 0.1) is 15.3 Å². The maximum Gasteiger partial charge on any atom is 0.416 e. The average Bonchev–Trinajstić information content (AvgIpc) is 3.34. The zero-order valence-electron chi connectivity index (χ0n) is 19.7.